The Morgan fingerprint density at radius 2 is 1.95 bits per heavy atom. The Kier molecular flexibility index (Phi) is 4.14. The summed E-state index contributed by atoms with van der Waals surface area (Å²) in [6, 6.07) is 0. The molecule has 0 aliphatic heterocycles. The second-order valence-corrected chi connectivity index (χ2v) is 4.65. The molecule has 0 aliphatic rings. The highest BCUT2D eigenvalue weighted by molar-refractivity contribution is 5.42. The Bertz CT molecular complexity index is 559. The minimum atomic E-state index is 0.706. The predicted molar refractivity (Wildman–Crippen MR) is 76.4 cm³/mol. The number of imidazole rings is 1. The van der Waals surface area contributed by atoms with E-state index in [0.717, 1.165) is 41.7 Å². The minimum absolute atomic E-state index is 0.706. The van der Waals surface area contributed by atoms with Crippen LogP contribution < -0.4 is 5.32 Å². The first kappa shape index (κ1) is 13.5. The molecule has 2 aromatic rings. The van der Waals surface area contributed by atoms with E-state index < -0.39 is 0 Å². The van der Waals surface area contributed by atoms with E-state index in [4.69, 9.17) is 0 Å². The van der Waals surface area contributed by atoms with Crippen molar-refractivity contribution in [1.82, 2.24) is 19.5 Å². The van der Waals surface area contributed by atoms with Crippen molar-refractivity contribution in [3.05, 3.63) is 35.3 Å². The second kappa shape index (κ2) is 5.82. The number of aromatic nitrogens is 4. The summed E-state index contributed by atoms with van der Waals surface area (Å²) >= 11 is 0. The molecule has 0 saturated carbocycles. The lowest BCUT2D eigenvalue weighted by Crippen LogP contribution is -2.09. The zero-order valence-corrected chi connectivity index (χ0v) is 12.1. The van der Waals surface area contributed by atoms with Gasteiger partial charge in [-0.3, -0.25) is 4.98 Å². The molecule has 2 heterocycles. The Morgan fingerprint density at radius 1 is 1.21 bits per heavy atom. The molecule has 5 heteroatoms. The van der Waals surface area contributed by atoms with Gasteiger partial charge in [0.15, 0.2) is 0 Å². The molecule has 0 saturated heterocycles. The third kappa shape index (κ3) is 2.92. The van der Waals surface area contributed by atoms with Crippen LogP contribution >= 0.6 is 0 Å². The highest BCUT2D eigenvalue weighted by atomic mass is 15.1. The fourth-order valence-corrected chi connectivity index (χ4v) is 2.07. The molecule has 0 fully saturated rings. The van der Waals surface area contributed by atoms with Gasteiger partial charge in [-0.2, -0.15) is 0 Å². The molecule has 0 radical (unpaired) electrons. The molecule has 102 valence electrons. The number of hydrogen-bond acceptors (Lipinski definition) is 4. The minimum Gasteiger partial charge on any atom is -0.372 e. The average Bonchev–Trinajstić information content (AvgIpc) is 2.81. The van der Waals surface area contributed by atoms with E-state index in [-0.39, 0.29) is 0 Å². The molecule has 0 aromatic carbocycles. The van der Waals surface area contributed by atoms with Crippen molar-refractivity contribution in [2.45, 2.75) is 40.2 Å². The second-order valence-electron chi connectivity index (χ2n) is 4.65. The number of aryl methyl sites for hydroxylation is 3. The van der Waals surface area contributed by atoms with Crippen LogP contribution in [0.15, 0.2) is 12.4 Å². The highest BCUT2D eigenvalue weighted by Crippen LogP contribution is 2.16. The molecule has 2 aromatic heterocycles. The van der Waals surface area contributed by atoms with E-state index >= 15 is 0 Å². The van der Waals surface area contributed by atoms with Gasteiger partial charge in [0.1, 0.15) is 11.6 Å². The van der Waals surface area contributed by atoms with Gasteiger partial charge in [-0.25, -0.2) is 9.97 Å². The summed E-state index contributed by atoms with van der Waals surface area (Å²) in [5.74, 6) is 1.88. The Hall–Kier alpha value is -1.91. The lowest BCUT2D eigenvalue weighted by Gasteiger charge is -2.11. The maximum absolute atomic E-state index is 4.64. The lowest BCUT2D eigenvalue weighted by atomic mass is 10.2. The van der Waals surface area contributed by atoms with Crippen LogP contribution in [-0.4, -0.2) is 26.6 Å². The summed E-state index contributed by atoms with van der Waals surface area (Å²) in [7, 11) is 1.88. The molecule has 19 heavy (non-hydrogen) atoms. The van der Waals surface area contributed by atoms with Crippen molar-refractivity contribution in [2.24, 2.45) is 0 Å². The quantitative estimate of drug-likeness (QED) is 0.895. The number of nitrogens with one attached hydrogen (secondary N) is 1. The standard InChI is InChI=1S/C14H21N5/c1-5-7-19-8-6-16-13(19)9-12-14(15-4)18-11(3)10(2)17-12/h6,8H,5,7,9H2,1-4H3,(H,15,18). The van der Waals surface area contributed by atoms with Crippen molar-refractivity contribution >= 4 is 5.82 Å². The SMILES string of the molecule is CCCn1ccnc1Cc1nc(C)c(C)nc1NC. The van der Waals surface area contributed by atoms with Crippen LogP contribution in [0, 0.1) is 13.8 Å². The third-order valence-electron chi connectivity index (χ3n) is 3.21. The largest absolute Gasteiger partial charge is 0.372 e. The van der Waals surface area contributed by atoms with Crippen LogP contribution in [0.1, 0.15) is 36.3 Å². The van der Waals surface area contributed by atoms with Crippen LogP contribution in [0.3, 0.4) is 0 Å². The summed E-state index contributed by atoms with van der Waals surface area (Å²) in [6.07, 6.45) is 5.67. The van der Waals surface area contributed by atoms with Crippen molar-refractivity contribution in [2.75, 3.05) is 12.4 Å². The fourth-order valence-electron chi connectivity index (χ4n) is 2.07. The maximum Gasteiger partial charge on any atom is 0.148 e. The van der Waals surface area contributed by atoms with Crippen LogP contribution in [0.5, 0.6) is 0 Å². The molecular formula is C14H21N5. The van der Waals surface area contributed by atoms with Crippen molar-refractivity contribution < 1.29 is 0 Å². The predicted octanol–water partition coefficient (Wildman–Crippen LogP) is 2.33. The van der Waals surface area contributed by atoms with E-state index in [1.807, 2.05) is 33.3 Å². The maximum atomic E-state index is 4.64. The molecular weight excluding hydrogens is 238 g/mol. The molecule has 0 spiro atoms. The van der Waals surface area contributed by atoms with Crippen molar-refractivity contribution in [3.63, 3.8) is 0 Å². The first-order valence-corrected chi connectivity index (χ1v) is 6.67. The normalized spacial score (nSPS) is 10.7. The zero-order chi connectivity index (χ0) is 13.8. The van der Waals surface area contributed by atoms with Gasteiger partial charge in [0.2, 0.25) is 0 Å². The van der Waals surface area contributed by atoms with Crippen LogP contribution in [0.2, 0.25) is 0 Å². The molecule has 0 unspecified atom stereocenters. The number of anilines is 1. The van der Waals surface area contributed by atoms with E-state index in [2.05, 4.69) is 31.8 Å². The van der Waals surface area contributed by atoms with E-state index in [1.165, 1.54) is 0 Å². The fraction of sp³-hybridized carbons (Fsp3) is 0.500. The van der Waals surface area contributed by atoms with Crippen LogP contribution in [0.25, 0.3) is 0 Å². The highest BCUT2D eigenvalue weighted by Gasteiger charge is 2.11. The Morgan fingerprint density at radius 3 is 2.63 bits per heavy atom. The summed E-state index contributed by atoms with van der Waals surface area (Å²) < 4.78 is 2.18. The molecule has 0 bridgehead atoms. The Balaban J connectivity index is 2.32. The smallest absolute Gasteiger partial charge is 0.148 e. The first-order chi connectivity index (χ1) is 9.15. The van der Waals surface area contributed by atoms with Gasteiger partial charge >= 0.3 is 0 Å². The Labute approximate surface area is 114 Å². The topological polar surface area (TPSA) is 55.6 Å². The molecule has 0 atom stereocenters. The van der Waals surface area contributed by atoms with Gasteiger partial charge in [-0.15, -0.1) is 0 Å². The third-order valence-corrected chi connectivity index (χ3v) is 3.21. The van der Waals surface area contributed by atoms with Gasteiger partial charge in [0.25, 0.3) is 0 Å². The van der Waals surface area contributed by atoms with Gasteiger partial charge in [0.05, 0.1) is 23.5 Å². The summed E-state index contributed by atoms with van der Waals surface area (Å²) in [5, 5.41) is 3.12. The van der Waals surface area contributed by atoms with Gasteiger partial charge in [-0.1, -0.05) is 6.92 Å². The van der Waals surface area contributed by atoms with E-state index in [1.54, 1.807) is 0 Å². The summed E-state index contributed by atoms with van der Waals surface area (Å²) in [6.45, 7) is 7.12. The zero-order valence-electron chi connectivity index (χ0n) is 12.1. The summed E-state index contributed by atoms with van der Waals surface area (Å²) in [4.78, 5) is 13.6. The summed E-state index contributed by atoms with van der Waals surface area (Å²) in [5.41, 5.74) is 2.89. The molecule has 2 rings (SSSR count). The number of nitrogens with zero attached hydrogens (tertiary/aromatic N) is 4. The van der Waals surface area contributed by atoms with Crippen molar-refractivity contribution in [3.8, 4) is 0 Å². The van der Waals surface area contributed by atoms with E-state index in [9.17, 15) is 0 Å². The van der Waals surface area contributed by atoms with Gasteiger partial charge in [-0.05, 0) is 20.3 Å². The molecule has 0 aliphatic carbocycles. The number of hydrogen-bond donors (Lipinski definition) is 1. The van der Waals surface area contributed by atoms with Crippen molar-refractivity contribution in [1.29, 1.82) is 0 Å². The van der Waals surface area contributed by atoms with Crippen LogP contribution in [0.4, 0.5) is 5.82 Å². The molecule has 1 N–H and O–H groups in total. The monoisotopic (exact) mass is 259 g/mol. The first-order valence-electron chi connectivity index (χ1n) is 6.67. The van der Waals surface area contributed by atoms with E-state index in [0.29, 0.717) is 6.42 Å². The van der Waals surface area contributed by atoms with Gasteiger partial charge in [0, 0.05) is 26.0 Å². The molecule has 5 nitrogen and oxygen atoms in total. The van der Waals surface area contributed by atoms with Crippen LogP contribution in [-0.2, 0) is 13.0 Å². The lowest BCUT2D eigenvalue weighted by molar-refractivity contribution is 0.644. The number of rotatable bonds is 5. The molecule has 0 amide bonds. The average molecular weight is 259 g/mol. The van der Waals surface area contributed by atoms with Gasteiger partial charge < -0.3 is 9.88 Å².